The van der Waals surface area contributed by atoms with E-state index in [0.29, 0.717) is 16.4 Å². The number of thioether (sulfide) groups is 1. The van der Waals surface area contributed by atoms with Crippen molar-refractivity contribution in [3.63, 3.8) is 0 Å². The lowest BCUT2D eigenvalue weighted by Gasteiger charge is -2.32. The predicted molar refractivity (Wildman–Crippen MR) is 99.5 cm³/mol. The SMILES string of the molecule is CC1(C)OB(c2cc(C=NN=C3NC(=O)CS3)ccc2O)OC1(C)C. The number of aromatic hydroxyl groups is 1. The van der Waals surface area contributed by atoms with Gasteiger partial charge in [0.15, 0.2) is 5.17 Å². The minimum absolute atomic E-state index is 0.0772. The second-order valence-electron chi connectivity index (χ2n) is 6.89. The summed E-state index contributed by atoms with van der Waals surface area (Å²) in [6, 6.07) is 5.04. The summed E-state index contributed by atoms with van der Waals surface area (Å²) < 4.78 is 12.0. The quantitative estimate of drug-likeness (QED) is 0.480. The first-order chi connectivity index (χ1) is 11.7. The van der Waals surface area contributed by atoms with Gasteiger partial charge in [0, 0.05) is 5.46 Å². The highest BCUT2D eigenvalue weighted by molar-refractivity contribution is 8.15. The first kappa shape index (κ1) is 18.0. The third kappa shape index (κ3) is 3.73. The summed E-state index contributed by atoms with van der Waals surface area (Å²) in [4.78, 5) is 11.1. The van der Waals surface area contributed by atoms with Crippen LogP contribution in [0.15, 0.2) is 28.4 Å². The molecule has 25 heavy (non-hydrogen) atoms. The van der Waals surface area contributed by atoms with Crippen LogP contribution in [-0.4, -0.2) is 46.5 Å². The minimum atomic E-state index is -0.658. The lowest BCUT2D eigenvalue weighted by atomic mass is 9.77. The molecule has 3 rings (SSSR count). The average Bonchev–Trinajstić information content (AvgIpc) is 3.01. The number of hydrogen-bond acceptors (Lipinski definition) is 7. The Morgan fingerprint density at radius 1 is 1.28 bits per heavy atom. The maximum Gasteiger partial charge on any atom is 0.498 e. The third-order valence-corrected chi connectivity index (χ3v) is 5.36. The zero-order valence-corrected chi connectivity index (χ0v) is 15.4. The number of nitrogens with zero attached hydrogens (tertiary/aromatic N) is 2. The van der Waals surface area contributed by atoms with Crippen LogP contribution in [0.3, 0.4) is 0 Å². The van der Waals surface area contributed by atoms with E-state index >= 15 is 0 Å². The molecule has 7 nitrogen and oxygen atoms in total. The molecule has 0 unspecified atom stereocenters. The standard InChI is InChI=1S/C16H20BN3O4S/c1-15(2)16(3,4)24-17(23-15)11-7-10(5-6-12(11)21)8-18-20-14-19-13(22)9-25-14/h5-8,21H,9H2,1-4H3,(H,19,20,22). The van der Waals surface area contributed by atoms with Crippen molar-refractivity contribution in [1.29, 1.82) is 0 Å². The number of carbonyl (C=O) groups is 1. The molecule has 1 aromatic rings. The van der Waals surface area contributed by atoms with E-state index in [-0.39, 0.29) is 11.7 Å². The number of benzene rings is 1. The van der Waals surface area contributed by atoms with Crippen LogP contribution in [-0.2, 0) is 14.1 Å². The fourth-order valence-electron chi connectivity index (χ4n) is 2.34. The molecule has 1 aromatic carbocycles. The van der Waals surface area contributed by atoms with Gasteiger partial charge in [0.1, 0.15) is 5.75 Å². The predicted octanol–water partition coefficient (Wildman–Crippen LogP) is 1.24. The average molecular weight is 361 g/mol. The largest absolute Gasteiger partial charge is 0.508 e. The number of rotatable bonds is 3. The molecule has 2 N–H and O–H groups in total. The van der Waals surface area contributed by atoms with Gasteiger partial charge in [-0.05, 0) is 51.5 Å². The molecule has 0 aromatic heterocycles. The normalized spacial score (nSPS) is 23.6. The molecule has 2 heterocycles. The Labute approximate surface area is 151 Å². The van der Waals surface area contributed by atoms with Crippen molar-refractivity contribution >= 4 is 41.6 Å². The van der Waals surface area contributed by atoms with Crippen LogP contribution in [0.4, 0.5) is 0 Å². The van der Waals surface area contributed by atoms with Crippen molar-refractivity contribution in [3.05, 3.63) is 23.8 Å². The number of carbonyl (C=O) groups excluding carboxylic acids is 1. The van der Waals surface area contributed by atoms with E-state index in [4.69, 9.17) is 9.31 Å². The van der Waals surface area contributed by atoms with Gasteiger partial charge in [-0.2, -0.15) is 5.10 Å². The summed E-state index contributed by atoms with van der Waals surface area (Å²) in [5, 5.41) is 21.2. The van der Waals surface area contributed by atoms with Crippen LogP contribution >= 0.6 is 11.8 Å². The summed E-state index contributed by atoms with van der Waals surface area (Å²) in [6.45, 7) is 7.83. The van der Waals surface area contributed by atoms with Gasteiger partial charge in [0.05, 0.1) is 23.2 Å². The lowest BCUT2D eigenvalue weighted by molar-refractivity contribution is -0.116. The molecule has 2 fully saturated rings. The topological polar surface area (TPSA) is 92.5 Å². The van der Waals surface area contributed by atoms with Crippen LogP contribution in [0.1, 0.15) is 33.3 Å². The van der Waals surface area contributed by atoms with Crippen molar-refractivity contribution in [2.75, 3.05) is 5.75 Å². The molecule has 0 saturated carbocycles. The zero-order chi connectivity index (χ0) is 18.2. The van der Waals surface area contributed by atoms with Gasteiger partial charge in [0.25, 0.3) is 0 Å². The fourth-order valence-corrected chi connectivity index (χ4v) is 2.97. The highest BCUT2D eigenvalue weighted by Crippen LogP contribution is 2.37. The van der Waals surface area contributed by atoms with Crippen LogP contribution < -0.4 is 10.8 Å². The second-order valence-corrected chi connectivity index (χ2v) is 7.86. The molecular formula is C16H20BN3O4S. The zero-order valence-electron chi connectivity index (χ0n) is 14.6. The Hall–Kier alpha value is -1.84. The molecule has 0 radical (unpaired) electrons. The Kier molecular flexibility index (Phi) is 4.65. The van der Waals surface area contributed by atoms with E-state index in [1.165, 1.54) is 11.8 Å². The Morgan fingerprint density at radius 3 is 2.56 bits per heavy atom. The van der Waals surface area contributed by atoms with E-state index in [9.17, 15) is 9.90 Å². The van der Waals surface area contributed by atoms with E-state index in [2.05, 4.69) is 15.5 Å². The van der Waals surface area contributed by atoms with Crippen LogP contribution in [0.2, 0.25) is 0 Å². The Morgan fingerprint density at radius 2 is 1.96 bits per heavy atom. The van der Waals surface area contributed by atoms with Crippen molar-refractivity contribution < 1.29 is 19.2 Å². The van der Waals surface area contributed by atoms with Gasteiger partial charge < -0.3 is 19.7 Å². The smallest absolute Gasteiger partial charge is 0.498 e. The molecule has 0 atom stereocenters. The van der Waals surface area contributed by atoms with Crippen LogP contribution in [0, 0.1) is 0 Å². The van der Waals surface area contributed by atoms with Gasteiger partial charge in [-0.25, -0.2) is 0 Å². The van der Waals surface area contributed by atoms with Crippen LogP contribution in [0.25, 0.3) is 0 Å². The first-order valence-corrected chi connectivity index (χ1v) is 8.89. The van der Waals surface area contributed by atoms with Gasteiger partial charge in [0.2, 0.25) is 5.91 Å². The molecule has 2 aliphatic heterocycles. The minimum Gasteiger partial charge on any atom is -0.508 e. The molecule has 0 spiro atoms. The molecule has 0 bridgehead atoms. The number of phenols is 1. The molecular weight excluding hydrogens is 341 g/mol. The maximum absolute atomic E-state index is 11.1. The van der Waals surface area contributed by atoms with E-state index < -0.39 is 18.3 Å². The Balaban J connectivity index is 1.79. The van der Waals surface area contributed by atoms with E-state index in [1.54, 1.807) is 24.4 Å². The number of nitrogens with one attached hydrogen (secondary N) is 1. The summed E-state index contributed by atoms with van der Waals surface area (Å²) >= 11 is 1.31. The van der Waals surface area contributed by atoms with Crippen molar-refractivity contribution in [2.45, 2.75) is 38.9 Å². The number of phenolic OH excluding ortho intramolecular Hbond substituents is 1. The van der Waals surface area contributed by atoms with Crippen LogP contribution in [0.5, 0.6) is 5.75 Å². The summed E-state index contributed by atoms with van der Waals surface area (Å²) in [5.41, 5.74) is 0.302. The summed E-state index contributed by atoms with van der Waals surface area (Å²) in [5.74, 6) is 0.381. The molecule has 9 heteroatoms. The molecule has 1 amide bonds. The molecule has 0 aliphatic carbocycles. The van der Waals surface area contributed by atoms with Gasteiger partial charge in [-0.3, -0.25) is 4.79 Å². The maximum atomic E-state index is 11.1. The second kappa shape index (κ2) is 6.47. The monoisotopic (exact) mass is 361 g/mol. The Bertz CT molecular complexity index is 748. The fraction of sp³-hybridized carbons (Fsp3) is 0.438. The third-order valence-electron chi connectivity index (χ3n) is 4.50. The highest BCUT2D eigenvalue weighted by atomic mass is 32.2. The summed E-state index contributed by atoms with van der Waals surface area (Å²) in [7, 11) is -0.658. The lowest BCUT2D eigenvalue weighted by Crippen LogP contribution is -2.41. The molecule has 132 valence electrons. The number of hydrogen-bond donors (Lipinski definition) is 2. The van der Waals surface area contributed by atoms with Crippen molar-refractivity contribution in [1.82, 2.24) is 5.32 Å². The van der Waals surface area contributed by atoms with Crippen molar-refractivity contribution in [2.24, 2.45) is 10.2 Å². The van der Waals surface area contributed by atoms with Crippen molar-refractivity contribution in [3.8, 4) is 5.75 Å². The first-order valence-electron chi connectivity index (χ1n) is 7.90. The van der Waals surface area contributed by atoms with E-state index in [0.717, 1.165) is 5.56 Å². The van der Waals surface area contributed by atoms with E-state index in [1.807, 2.05) is 27.7 Å². The highest BCUT2D eigenvalue weighted by Gasteiger charge is 2.52. The number of amides is 1. The van der Waals surface area contributed by atoms with Gasteiger partial charge in [-0.1, -0.05) is 11.8 Å². The molecule has 2 saturated heterocycles. The number of amidine groups is 1. The van der Waals surface area contributed by atoms with Gasteiger partial charge >= 0.3 is 7.12 Å². The molecule has 2 aliphatic rings. The van der Waals surface area contributed by atoms with Gasteiger partial charge in [-0.15, -0.1) is 5.10 Å². The summed E-state index contributed by atoms with van der Waals surface area (Å²) in [6.07, 6.45) is 1.55.